The van der Waals surface area contributed by atoms with Gasteiger partial charge in [-0.25, -0.2) is 9.97 Å². The van der Waals surface area contributed by atoms with Crippen molar-refractivity contribution in [3.05, 3.63) is 58.2 Å². The first-order valence-electron chi connectivity index (χ1n) is 10.2. The lowest BCUT2D eigenvalue weighted by molar-refractivity contribution is -0.113. The molecule has 5 rings (SSSR count). The van der Waals surface area contributed by atoms with E-state index in [4.69, 9.17) is 5.73 Å². The van der Waals surface area contributed by atoms with Crippen LogP contribution in [0.1, 0.15) is 33.0 Å². The molecule has 0 aliphatic heterocycles. The summed E-state index contributed by atoms with van der Waals surface area (Å²) in [5.74, 6) is 0.137. The van der Waals surface area contributed by atoms with Crippen LogP contribution in [0.15, 0.2) is 41.4 Å². The van der Waals surface area contributed by atoms with Gasteiger partial charge in [0.2, 0.25) is 5.91 Å². The van der Waals surface area contributed by atoms with Crippen molar-refractivity contribution in [1.29, 1.82) is 0 Å². The Hall–Kier alpha value is -2.75. The smallest absolute Gasteiger partial charge is 0.251 e. The number of nitrogens with zero attached hydrogens (tertiary/aromatic N) is 2. The number of thiophene rings is 2. The Labute approximate surface area is 197 Å². The van der Waals surface area contributed by atoms with Gasteiger partial charge in [-0.05, 0) is 43.4 Å². The van der Waals surface area contributed by atoms with Crippen molar-refractivity contribution in [2.75, 3.05) is 11.1 Å². The maximum absolute atomic E-state index is 12.8. The molecule has 32 heavy (non-hydrogen) atoms. The first-order valence-corrected chi connectivity index (χ1v) is 12.8. The van der Waals surface area contributed by atoms with E-state index < -0.39 is 5.91 Å². The number of primary amides is 1. The fourth-order valence-corrected chi connectivity index (χ4v) is 7.23. The number of carbonyl (C=O) groups excluding carboxylic acids is 2. The summed E-state index contributed by atoms with van der Waals surface area (Å²) in [4.78, 5) is 37.2. The molecule has 4 aromatic rings. The molecule has 0 saturated heterocycles. The number of fused-ring (bicyclic) bond motifs is 3. The van der Waals surface area contributed by atoms with Gasteiger partial charge in [0.15, 0.2) is 0 Å². The van der Waals surface area contributed by atoms with Crippen LogP contribution in [0.25, 0.3) is 20.7 Å². The van der Waals surface area contributed by atoms with Crippen LogP contribution in [0.2, 0.25) is 0 Å². The molecule has 3 heterocycles. The van der Waals surface area contributed by atoms with E-state index in [0.29, 0.717) is 16.4 Å². The van der Waals surface area contributed by atoms with E-state index in [9.17, 15) is 9.59 Å². The Bertz CT molecular complexity index is 1340. The Morgan fingerprint density at radius 3 is 2.75 bits per heavy atom. The summed E-state index contributed by atoms with van der Waals surface area (Å²) in [6.45, 7) is 1.88. The number of nitrogens with two attached hydrogens (primary N) is 1. The highest BCUT2D eigenvalue weighted by Gasteiger charge is 2.23. The molecule has 0 saturated carbocycles. The zero-order valence-electron chi connectivity index (χ0n) is 17.3. The van der Waals surface area contributed by atoms with Crippen molar-refractivity contribution in [3.63, 3.8) is 0 Å². The quantitative estimate of drug-likeness (QED) is 0.297. The predicted molar refractivity (Wildman–Crippen MR) is 132 cm³/mol. The Morgan fingerprint density at radius 2 is 1.97 bits per heavy atom. The largest absolute Gasteiger partial charge is 0.366 e. The highest BCUT2D eigenvalue weighted by molar-refractivity contribution is 8.00. The molecular weight excluding hydrogens is 460 g/mol. The maximum Gasteiger partial charge on any atom is 0.251 e. The SMILES string of the molecule is Cc1nc(SCC(=O)Nc2sc(-c3ccccc3)cc2C(N)=O)c2c3c(sc2n1)CCC3. The summed E-state index contributed by atoms with van der Waals surface area (Å²) in [6, 6.07) is 11.4. The van der Waals surface area contributed by atoms with Crippen molar-refractivity contribution in [3.8, 4) is 10.4 Å². The Kier molecular flexibility index (Phi) is 5.71. The van der Waals surface area contributed by atoms with Crippen LogP contribution >= 0.6 is 34.4 Å². The van der Waals surface area contributed by atoms with Crippen LogP contribution in [0.3, 0.4) is 0 Å². The number of thioether (sulfide) groups is 1. The molecule has 162 valence electrons. The Balaban J connectivity index is 1.36. The van der Waals surface area contributed by atoms with Crippen molar-refractivity contribution >= 4 is 61.5 Å². The normalized spacial score (nSPS) is 12.8. The minimum atomic E-state index is -0.562. The molecule has 3 aromatic heterocycles. The van der Waals surface area contributed by atoms with E-state index in [2.05, 4.69) is 15.3 Å². The minimum Gasteiger partial charge on any atom is -0.366 e. The van der Waals surface area contributed by atoms with Crippen LogP contribution in [0.5, 0.6) is 0 Å². The van der Waals surface area contributed by atoms with Crippen LogP contribution in [-0.2, 0) is 17.6 Å². The molecule has 6 nitrogen and oxygen atoms in total. The Morgan fingerprint density at radius 1 is 1.16 bits per heavy atom. The molecule has 0 unspecified atom stereocenters. The third kappa shape index (κ3) is 4.03. The van der Waals surface area contributed by atoms with E-state index in [1.807, 2.05) is 37.3 Å². The number of carbonyl (C=O) groups is 2. The monoisotopic (exact) mass is 480 g/mol. The second kappa shape index (κ2) is 8.65. The van der Waals surface area contributed by atoms with Gasteiger partial charge in [0.1, 0.15) is 20.7 Å². The molecule has 9 heteroatoms. The number of hydrogen-bond donors (Lipinski definition) is 2. The summed E-state index contributed by atoms with van der Waals surface area (Å²) >= 11 is 4.50. The minimum absolute atomic E-state index is 0.187. The number of nitrogens with one attached hydrogen (secondary N) is 1. The van der Waals surface area contributed by atoms with Crippen LogP contribution in [-0.4, -0.2) is 27.5 Å². The zero-order chi connectivity index (χ0) is 22.2. The van der Waals surface area contributed by atoms with Crippen LogP contribution in [0.4, 0.5) is 5.00 Å². The number of anilines is 1. The van der Waals surface area contributed by atoms with Crippen LogP contribution < -0.4 is 11.1 Å². The molecule has 0 spiro atoms. The highest BCUT2D eigenvalue weighted by atomic mass is 32.2. The summed E-state index contributed by atoms with van der Waals surface area (Å²) in [6.07, 6.45) is 3.30. The molecule has 0 atom stereocenters. The van der Waals surface area contributed by atoms with E-state index in [1.54, 1.807) is 17.4 Å². The molecule has 1 aliphatic carbocycles. The fraction of sp³-hybridized carbons (Fsp3) is 0.217. The van der Waals surface area contributed by atoms with E-state index in [0.717, 1.165) is 44.9 Å². The fourth-order valence-electron chi connectivity index (χ4n) is 3.88. The van der Waals surface area contributed by atoms with Gasteiger partial charge in [-0.2, -0.15) is 0 Å². The summed E-state index contributed by atoms with van der Waals surface area (Å²) in [5, 5.41) is 5.31. The van der Waals surface area contributed by atoms with Crippen molar-refractivity contribution < 1.29 is 9.59 Å². The molecule has 0 radical (unpaired) electrons. The highest BCUT2D eigenvalue weighted by Crippen LogP contribution is 2.40. The van der Waals surface area contributed by atoms with E-state index >= 15 is 0 Å². The third-order valence-corrected chi connectivity index (χ3v) is 8.55. The van der Waals surface area contributed by atoms with Crippen molar-refractivity contribution in [2.45, 2.75) is 31.2 Å². The van der Waals surface area contributed by atoms with Gasteiger partial charge in [0.05, 0.1) is 11.3 Å². The average molecular weight is 481 g/mol. The van der Waals surface area contributed by atoms with Gasteiger partial charge >= 0.3 is 0 Å². The van der Waals surface area contributed by atoms with Crippen molar-refractivity contribution in [1.82, 2.24) is 9.97 Å². The number of benzene rings is 1. The van der Waals surface area contributed by atoms with Gasteiger partial charge in [-0.3, -0.25) is 9.59 Å². The van der Waals surface area contributed by atoms with Gasteiger partial charge in [-0.1, -0.05) is 42.1 Å². The van der Waals surface area contributed by atoms with Crippen LogP contribution in [0, 0.1) is 6.92 Å². The number of amides is 2. The lowest BCUT2D eigenvalue weighted by Crippen LogP contribution is -2.17. The van der Waals surface area contributed by atoms with Crippen molar-refractivity contribution in [2.24, 2.45) is 5.73 Å². The lowest BCUT2D eigenvalue weighted by Gasteiger charge is -2.07. The number of rotatable bonds is 6. The van der Waals surface area contributed by atoms with Gasteiger partial charge in [0.25, 0.3) is 5.91 Å². The zero-order valence-corrected chi connectivity index (χ0v) is 19.8. The summed E-state index contributed by atoms with van der Waals surface area (Å²) in [7, 11) is 0. The summed E-state index contributed by atoms with van der Waals surface area (Å²) in [5.41, 5.74) is 8.20. The number of hydrogen-bond acceptors (Lipinski definition) is 7. The standard InChI is InChI=1S/C23H20N4O2S3/c1-12-25-22(19-14-8-5-9-16(14)31-23(19)26-12)30-11-18(28)27-21-15(20(24)29)10-17(32-21)13-6-3-2-4-7-13/h2-4,6-7,10H,5,8-9,11H2,1H3,(H2,24,29)(H,27,28). The first kappa shape index (κ1) is 21.1. The number of aryl methyl sites for hydroxylation is 3. The van der Waals surface area contributed by atoms with E-state index in [-0.39, 0.29) is 11.7 Å². The number of aromatic nitrogens is 2. The first-order chi connectivity index (χ1) is 15.5. The third-order valence-electron chi connectivity index (χ3n) is 5.29. The van der Waals surface area contributed by atoms with Gasteiger partial charge in [0, 0.05) is 15.1 Å². The average Bonchev–Trinajstić information content (AvgIpc) is 3.47. The van der Waals surface area contributed by atoms with Gasteiger partial charge < -0.3 is 11.1 Å². The molecular formula is C23H20N4O2S3. The molecule has 1 aliphatic rings. The summed E-state index contributed by atoms with van der Waals surface area (Å²) < 4.78 is 0. The predicted octanol–water partition coefficient (Wildman–Crippen LogP) is 5.05. The molecule has 1 aromatic carbocycles. The lowest BCUT2D eigenvalue weighted by atomic mass is 10.1. The molecule has 0 bridgehead atoms. The maximum atomic E-state index is 12.8. The topological polar surface area (TPSA) is 98.0 Å². The van der Waals surface area contributed by atoms with Gasteiger partial charge in [-0.15, -0.1) is 22.7 Å². The molecule has 0 fully saturated rings. The molecule has 3 N–H and O–H groups in total. The van der Waals surface area contributed by atoms with E-state index in [1.165, 1.54) is 33.5 Å². The second-order valence-electron chi connectivity index (χ2n) is 7.53. The molecule has 2 amide bonds. The second-order valence-corrected chi connectivity index (χ2v) is 10.6.